The number of anilines is 1. The van der Waals surface area contributed by atoms with Crippen molar-refractivity contribution in [2.75, 3.05) is 5.32 Å². The molecule has 1 atom stereocenters. The summed E-state index contributed by atoms with van der Waals surface area (Å²) in [6.07, 6.45) is 0.302. The maximum absolute atomic E-state index is 12.8. The van der Waals surface area contributed by atoms with Gasteiger partial charge < -0.3 is 14.2 Å². The van der Waals surface area contributed by atoms with Gasteiger partial charge in [-0.3, -0.25) is 0 Å². The Bertz CT molecular complexity index is 1160. The number of aryl methyl sites for hydroxylation is 1. The summed E-state index contributed by atoms with van der Waals surface area (Å²) >= 11 is 0. The number of nitrogens with one attached hydrogen (secondary N) is 1. The molecule has 0 fully saturated rings. The van der Waals surface area contributed by atoms with Gasteiger partial charge in [0.05, 0.1) is 11.8 Å². The molecule has 3 aromatic rings. The predicted molar refractivity (Wildman–Crippen MR) is 135 cm³/mol. The van der Waals surface area contributed by atoms with Crippen molar-refractivity contribution in [2.24, 2.45) is 0 Å². The summed E-state index contributed by atoms with van der Waals surface area (Å²) in [5.74, 6) is 0.416. The Kier molecular flexibility index (Phi) is 6.90. The Morgan fingerprint density at radius 1 is 1.09 bits per heavy atom. The third-order valence-corrected chi connectivity index (χ3v) is 11.8. The van der Waals surface area contributed by atoms with E-state index >= 15 is 0 Å². The minimum Gasteiger partial charge on any atom is -0.424 e. The number of rotatable bonds is 6. The van der Waals surface area contributed by atoms with E-state index in [9.17, 15) is 13.2 Å². The number of alkyl halides is 3. The molecule has 0 spiro atoms. The van der Waals surface area contributed by atoms with Gasteiger partial charge in [0.25, 0.3) is 6.01 Å². The highest BCUT2D eigenvalue weighted by Gasteiger charge is 2.39. The minimum absolute atomic E-state index is 0.171. The molecule has 35 heavy (non-hydrogen) atoms. The standard InChI is InChI=1S/C27H33F3N2O2Si/c1-26(2,3)35(4,5)34-22-14-11-18-7-6-8-20(23(18)15-22)16-31-25-32-17-24(33-25)19-9-12-21(13-10-19)27(28,29)30/h6-10,12-13,17,22H,11,14-16H2,1-5H3,(H,31,32). The number of halogens is 3. The molecule has 1 N–H and O–H groups in total. The van der Waals surface area contributed by atoms with Crippen molar-refractivity contribution in [1.82, 2.24) is 4.98 Å². The zero-order chi connectivity index (χ0) is 25.4. The Hall–Kier alpha value is -2.58. The Labute approximate surface area is 206 Å². The summed E-state index contributed by atoms with van der Waals surface area (Å²) in [5, 5.41) is 3.41. The van der Waals surface area contributed by atoms with Crippen LogP contribution in [0.3, 0.4) is 0 Å². The first kappa shape index (κ1) is 25.5. The molecule has 0 saturated heterocycles. The van der Waals surface area contributed by atoms with Crippen LogP contribution in [0.4, 0.5) is 19.2 Å². The van der Waals surface area contributed by atoms with Gasteiger partial charge in [0.1, 0.15) is 0 Å². The molecule has 4 nitrogen and oxygen atoms in total. The molecular formula is C27H33F3N2O2Si. The highest BCUT2D eigenvalue weighted by molar-refractivity contribution is 6.74. The summed E-state index contributed by atoms with van der Waals surface area (Å²) in [6, 6.07) is 11.6. The number of nitrogens with zero attached hydrogens (tertiary/aromatic N) is 1. The molecular weight excluding hydrogens is 469 g/mol. The smallest absolute Gasteiger partial charge is 0.416 e. The topological polar surface area (TPSA) is 47.3 Å². The maximum atomic E-state index is 12.8. The second-order valence-corrected chi connectivity index (χ2v) is 15.5. The molecule has 1 heterocycles. The molecule has 1 unspecified atom stereocenters. The second-order valence-electron chi connectivity index (χ2n) is 10.8. The lowest BCUT2D eigenvalue weighted by Gasteiger charge is -2.41. The lowest BCUT2D eigenvalue weighted by molar-refractivity contribution is -0.137. The number of hydrogen-bond donors (Lipinski definition) is 1. The van der Waals surface area contributed by atoms with E-state index < -0.39 is 20.1 Å². The summed E-state index contributed by atoms with van der Waals surface area (Å²) in [5.41, 5.74) is 3.71. The Balaban J connectivity index is 1.44. The first-order chi connectivity index (χ1) is 16.3. The summed E-state index contributed by atoms with van der Waals surface area (Å²) in [6.45, 7) is 11.9. The second kappa shape index (κ2) is 9.46. The van der Waals surface area contributed by atoms with Gasteiger partial charge in [0.15, 0.2) is 14.1 Å². The SMILES string of the molecule is CC(C)(C)[Si](C)(C)OC1CCc2cccc(CNc3ncc(-c4ccc(C(F)(F)F)cc4)o3)c2C1. The largest absolute Gasteiger partial charge is 0.424 e. The summed E-state index contributed by atoms with van der Waals surface area (Å²) in [7, 11) is -1.85. The summed E-state index contributed by atoms with van der Waals surface area (Å²) in [4.78, 5) is 4.26. The molecule has 0 aliphatic heterocycles. The average molecular weight is 503 g/mol. The van der Waals surface area contributed by atoms with Crippen molar-refractivity contribution in [3.63, 3.8) is 0 Å². The predicted octanol–water partition coefficient (Wildman–Crippen LogP) is 7.85. The summed E-state index contributed by atoms with van der Waals surface area (Å²) < 4.78 is 50.9. The fraction of sp³-hybridized carbons (Fsp3) is 0.444. The van der Waals surface area contributed by atoms with Crippen LogP contribution in [0.15, 0.2) is 53.1 Å². The molecule has 8 heteroatoms. The van der Waals surface area contributed by atoms with Crippen LogP contribution in [0.25, 0.3) is 11.3 Å². The first-order valence-corrected chi connectivity index (χ1v) is 14.9. The average Bonchev–Trinajstić information content (AvgIpc) is 3.25. The lowest BCUT2D eigenvalue weighted by Crippen LogP contribution is -2.45. The Morgan fingerprint density at radius 2 is 1.80 bits per heavy atom. The fourth-order valence-electron chi connectivity index (χ4n) is 4.17. The Morgan fingerprint density at radius 3 is 2.46 bits per heavy atom. The zero-order valence-electron chi connectivity index (χ0n) is 20.9. The number of oxazole rings is 1. The van der Waals surface area contributed by atoms with Crippen LogP contribution in [0.5, 0.6) is 0 Å². The van der Waals surface area contributed by atoms with Gasteiger partial charge in [-0.2, -0.15) is 13.2 Å². The van der Waals surface area contributed by atoms with Gasteiger partial charge in [-0.05, 0) is 66.2 Å². The third kappa shape index (κ3) is 5.81. The maximum Gasteiger partial charge on any atom is 0.416 e. The highest BCUT2D eigenvalue weighted by Crippen LogP contribution is 2.39. The van der Waals surface area contributed by atoms with Crippen molar-refractivity contribution in [1.29, 1.82) is 0 Å². The van der Waals surface area contributed by atoms with E-state index in [1.54, 1.807) is 0 Å². The molecule has 1 aromatic heterocycles. The van der Waals surface area contributed by atoms with Crippen molar-refractivity contribution >= 4 is 14.3 Å². The lowest BCUT2D eigenvalue weighted by atomic mass is 9.86. The molecule has 0 saturated carbocycles. The van der Waals surface area contributed by atoms with Crippen LogP contribution in [-0.4, -0.2) is 19.4 Å². The number of aromatic nitrogens is 1. The number of hydrogen-bond acceptors (Lipinski definition) is 4. The number of fused-ring (bicyclic) bond motifs is 1. The van der Waals surface area contributed by atoms with Gasteiger partial charge in [0.2, 0.25) is 0 Å². The minimum atomic E-state index is -4.36. The van der Waals surface area contributed by atoms with E-state index in [1.165, 1.54) is 35.0 Å². The van der Waals surface area contributed by atoms with Crippen LogP contribution in [0.2, 0.25) is 18.1 Å². The third-order valence-electron chi connectivity index (χ3n) is 7.24. The van der Waals surface area contributed by atoms with Gasteiger partial charge in [0, 0.05) is 18.2 Å². The molecule has 4 rings (SSSR count). The van der Waals surface area contributed by atoms with Crippen LogP contribution in [0, 0.1) is 0 Å². The van der Waals surface area contributed by atoms with Crippen molar-refractivity contribution in [3.05, 3.63) is 70.9 Å². The quantitative estimate of drug-likeness (QED) is 0.349. The van der Waals surface area contributed by atoms with Crippen LogP contribution >= 0.6 is 0 Å². The molecule has 2 aromatic carbocycles. The van der Waals surface area contributed by atoms with Crippen LogP contribution in [0.1, 0.15) is 49.4 Å². The van der Waals surface area contributed by atoms with E-state index in [0.29, 0.717) is 23.9 Å². The molecule has 1 aliphatic carbocycles. The van der Waals surface area contributed by atoms with Gasteiger partial charge in [-0.1, -0.05) is 51.1 Å². The van der Waals surface area contributed by atoms with E-state index in [1.807, 2.05) is 0 Å². The van der Waals surface area contributed by atoms with E-state index in [2.05, 4.69) is 62.4 Å². The normalized spacial score (nSPS) is 16.7. The molecule has 0 radical (unpaired) electrons. The van der Waals surface area contributed by atoms with Crippen molar-refractivity contribution in [2.45, 2.75) is 77.0 Å². The first-order valence-electron chi connectivity index (χ1n) is 12.0. The van der Waals surface area contributed by atoms with Gasteiger partial charge in [-0.15, -0.1) is 0 Å². The van der Waals surface area contributed by atoms with E-state index in [-0.39, 0.29) is 11.1 Å². The molecule has 188 valence electrons. The highest BCUT2D eigenvalue weighted by atomic mass is 28.4. The van der Waals surface area contributed by atoms with E-state index in [4.69, 9.17) is 8.84 Å². The number of benzene rings is 2. The zero-order valence-corrected chi connectivity index (χ0v) is 21.9. The van der Waals surface area contributed by atoms with E-state index in [0.717, 1.165) is 31.4 Å². The van der Waals surface area contributed by atoms with Gasteiger partial charge >= 0.3 is 6.18 Å². The van der Waals surface area contributed by atoms with Gasteiger partial charge in [-0.25, -0.2) is 4.98 Å². The fourth-order valence-corrected chi connectivity index (χ4v) is 5.56. The van der Waals surface area contributed by atoms with Crippen molar-refractivity contribution < 1.29 is 22.0 Å². The van der Waals surface area contributed by atoms with Crippen molar-refractivity contribution in [3.8, 4) is 11.3 Å². The van der Waals surface area contributed by atoms with Crippen LogP contribution in [-0.2, 0) is 30.0 Å². The monoisotopic (exact) mass is 502 g/mol. The molecule has 1 aliphatic rings. The van der Waals surface area contributed by atoms with Crippen LogP contribution < -0.4 is 5.32 Å². The molecule has 0 amide bonds. The molecule has 0 bridgehead atoms.